The molecule has 1 saturated carbocycles. The Balaban J connectivity index is 1.96. The smallest absolute Gasteiger partial charge is 0.133 e. The first-order chi connectivity index (χ1) is 8.36. The van der Waals surface area contributed by atoms with E-state index in [2.05, 4.69) is 21.9 Å². The maximum atomic E-state index is 5.70. The van der Waals surface area contributed by atoms with Gasteiger partial charge < -0.3 is 4.90 Å². The highest BCUT2D eigenvalue weighted by atomic mass is 15.2. The molecule has 0 aromatic carbocycles. The van der Waals surface area contributed by atoms with E-state index in [0.717, 1.165) is 31.7 Å². The first-order valence-corrected chi connectivity index (χ1v) is 6.54. The molecule has 0 radical (unpaired) electrons. The zero-order chi connectivity index (χ0) is 11.7. The maximum Gasteiger partial charge on any atom is 0.133 e. The van der Waals surface area contributed by atoms with E-state index in [1.54, 1.807) is 0 Å². The van der Waals surface area contributed by atoms with Gasteiger partial charge in [-0.05, 0) is 38.2 Å². The Morgan fingerprint density at radius 3 is 2.65 bits per heavy atom. The Bertz CT molecular complexity index is 448. The van der Waals surface area contributed by atoms with Gasteiger partial charge in [0.15, 0.2) is 0 Å². The van der Waals surface area contributed by atoms with Gasteiger partial charge in [0.2, 0.25) is 0 Å². The highest BCUT2D eigenvalue weighted by Gasteiger charge is 2.45. The quantitative estimate of drug-likeness (QED) is 0.721. The standard InChI is InChI=1S/C15H18N2/c1-2-15(8-9-15)13-7-6-10-16-14(13)17-11-4-3-5-12-17/h1,6-7,10H,3-5,8-9,11-12H2. The van der Waals surface area contributed by atoms with Gasteiger partial charge in [0, 0.05) is 24.8 Å². The summed E-state index contributed by atoms with van der Waals surface area (Å²) in [7, 11) is 0. The number of piperidine rings is 1. The van der Waals surface area contributed by atoms with Crippen molar-refractivity contribution in [1.29, 1.82) is 0 Å². The molecule has 88 valence electrons. The minimum Gasteiger partial charge on any atom is -0.356 e. The summed E-state index contributed by atoms with van der Waals surface area (Å²) >= 11 is 0. The Morgan fingerprint density at radius 1 is 1.24 bits per heavy atom. The molecule has 0 N–H and O–H groups in total. The van der Waals surface area contributed by atoms with Crippen molar-refractivity contribution in [1.82, 2.24) is 4.98 Å². The van der Waals surface area contributed by atoms with Crippen molar-refractivity contribution >= 4 is 5.82 Å². The zero-order valence-corrected chi connectivity index (χ0v) is 10.2. The zero-order valence-electron chi connectivity index (χ0n) is 10.2. The van der Waals surface area contributed by atoms with Crippen molar-refractivity contribution in [2.24, 2.45) is 0 Å². The van der Waals surface area contributed by atoms with E-state index < -0.39 is 0 Å². The Labute approximate surface area is 103 Å². The monoisotopic (exact) mass is 226 g/mol. The first kappa shape index (κ1) is 10.7. The Kier molecular flexibility index (Phi) is 2.55. The fourth-order valence-electron chi connectivity index (χ4n) is 2.74. The molecule has 2 aliphatic rings. The van der Waals surface area contributed by atoms with E-state index in [1.165, 1.54) is 24.8 Å². The molecule has 2 fully saturated rings. The van der Waals surface area contributed by atoms with Gasteiger partial charge in [-0.2, -0.15) is 0 Å². The predicted molar refractivity (Wildman–Crippen MR) is 70.0 cm³/mol. The summed E-state index contributed by atoms with van der Waals surface area (Å²) in [6.45, 7) is 2.26. The van der Waals surface area contributed by atoms with E-state index in [0.29, 0.717) is 0 Å². The second kappa shape index (κ2) is 4.07. The molecule has 1 aromatic heterocycles. The molecule has 2 heterocycles. The van der Waals surface area contributed by atoms with Gasteiger partial charge in [-0.15, -0.1) is 6.42 Å². The van der Waals surface area contributed by atoms with Gasteiger partial charge in [-0.1, -0.05) is 12.0 Å². The largest absolute Gasteiger partial charge is 0.356 e. The van der Waals surface area contributed by atoms with Crippen LogP contribution in [0.3, 0.4) is 0 Å². The van der Waals surface area contributed by atoms with Crippen LogP contribution in [0, 0.1) is 12.3 Å². The third-order valence-corrected chi connectivity index (χ3v) is 3.98. The van der Waals surface area contributed by atoms with E-state index in [-0.39, 0.29) is 5.41 Å². The molecule has 0 atom stereocenters. The van der Waals surface area contributed by atoms with E-state index in [1.807, 2.05) is 12.3 Å². The number of pyridine rings is 1. The molecule has 0 spiro atoms. The molecule has 1 aliphatic heterocycles. The van der Waals surface area contributed by atoms with Crippen LogP contribution >= 0.6 is 0 Å². The number of aromatic nitrogens is 1. The van der Waals surface area contributed by atoms with Gasteiger partial charge in [0.05, 0.1) is 5.41 Å². The molecule has 0 bridgehead atoms. The summed E-state index contributed by atoms with van der Waals surface area (Å²) in [6.07, 6.45) is 13.7. The van der Waals surface area contributed by atoms with Gasteiger partial charge >= 0.3 is 0 Å². The fourth-order valence-corrected chi connectivity index (χ4v) is 2.74. The molecule has 1 aromatic rings. The van der Waals surface area contributed by atoms with Gasteiger partial charge in [-0.25, -0.2) is 4.98 Å². The summed E-state index contributed by atoms with van der Waals surface area (Å²) in [5, 5.41) is 0. The molecule has 3 rings (SSSR count). The van der Waals surface area contributed by atoms with E-state index in [4.69, 9.17) is 6.42 Å². The van der Waals surface area contributed by atoms with Crippen molar-refractivity contribution in [3.05, 3.63) is 23.9 Å². The number of nitrogens with zero attached hydrogens (tertiary/aromatic N) is 2. The van der Waals surface area contributed by atoms with Crippen molar-refractivity contribution < 1.29 is 0 Å². The summed E-state index contributed by atoms with van der Waals surface area (Å²) in [5.41, 5.74) is 1.28. The second-order valence-corrected chi connectivity index (χ2v) is 5.15. The molecular formula is C15H18N2. The molecular weight excluding hydrogens is 208 g/mol. The molecule has 1 saturated heterocycles. The van der Waals surface area contributed by atoms with E-state index >= 15 is 0 Å². The predicted octanol–water partition coefficient (Wildman–Crippen LogP) is 2.74. The first-order valence-electron chi connectivity index (χ1n) is 6.54. The molecule has 0 unspecified atom stereocenters. The molecule has 2 nitrogen and oxygen atoms in total. The lowest BCUT2D eigenvalue weighted by atomic mass is 9.96. The average molecular weight is 226 g/mol. The lowest BCUT2D eigenvalue weighted by Gasteiger charge is -2.30. The number of rotatable bonds is 2. The average Bonchev–Trinajstić information content (AvgIpc) is 3.21. The van der Waals surface area contributed by atoms with Crippen molar-refractivity contribution in [2.45, 2.75) is 37.5 Å². The van der Waals surface area contributed by atoms with Crippen LogP contribution in [0.4, 0.5) is 5.82 Å². The number of terminal acetylenes is 1. The van der Waals surface area contributed by atoms with Crippen LogP contribution in [0.15, 0.2) is 18.3 Å². The van der Waals surface area contributed by atoms with Crippen LogP contribution in [-0.4, -0.2) is 18.1 Å². The van der Waals surface area contributed by atoms with Gasteiger partial charge in [0.25, 0.3) is 0 Å². The van der Waals surface area contributed by atoms with Crippen LogP contribution in [0.25, 0.3) is 0 Å². The fraction of sp³-hybridized carbons (Fsp3) is 0.533. The summed E-state index contributed by atoms with van der Waals surface area (Å²) < 4.78 is 0. The minimum atomic E-state index is 0.00103. The SMILES string of the molecule is C#CC1(c2cccnc2N2CCCCC2)CC1. The lowest BCUT2D eigenvalue weighted by Crippen LogP contribution is -2.31. The molecule has 1 aliphatic carbocycles. The van der Waals surface area contributed by atoms with E-state index in [9.17, 15) is 0 Å². The topological polar surface area (TPSA) is 16.1 Å². The summed E-state index contributed by atoms with van der Waals surface area (Å²) in [4.78, 5) is 7.00. The number of hydrogen-bond acceptors (Lipinski definition) is 2. The summed E-state index contributed by atoms with van der Waals surface area (Å²) in [5.74, 6) is 4.12. The Morgan fingerprint density at radius 2 is 2.00 bits per heavy atom. The van der Waals surface area contributed by atoms with Crippen molar-refractivity contribution in [3.8, 4) is 12.3 Å². The van der Waals surface area contributed by atoms with Crippen LogP contribution < -0.4 is 4.90 Å². The van der Waals surface area contributed by atoms with Crippen LogP contribution in [0.1, 0.15) is 37.7 Å². The van der Waals surface area contributed by atoms with Crippen LogP contribution in [-0.2, 0) is 5.41 Å². The lowest BCUT2D eigenvalue weighted by molar-refractivity contribution is 0.570. The normalized spacial score (nSPS) is 21.9. The molecule has 0 amide bonds. The highest BCUT2D eigenvalue weighted by Crippen LogP contribution is 2.50. The van der Waals surface area contributed by atoms with Crippen molar-refractivity contribution in [2.75, 3.05) is 18.0 Å². The summed E-state index contributed by atoms with van der Waals surface area (Å²) in [6, 6.07) is 4.18. The van der Waals surface area contributed by atoms with Crippen molar-refractivity contribution in [3.63, 3.8) is 0 Å². The third kappa shape index (κ3) is 1.80. The Hall–Kier alpha value is -1.49. The van der Waals surface area contributed by atoms with Gasteiger partial charge in [0.1, 0.15) is 5.82 Å². The molecule has 2 heteroatoms. The number of hydrogen-bond donors (Lipinski definition) is 0. The highest BCUT2D eigenvalue weighted by molar-refractivity contribution is 5.56. The number of anilines is 1. The second-order valence-electron chi connectivity index (χ2n) is 5.15. The third-order valence-electron chi connectivity index (χ3n) is 3.98. The van der Waals surface area contributed by atoms with Gasteiger partial charge in [-0.3, -0.25) is 0 Å². The van der Waals surface area contributed by atoms with Crippen LogP contribution in [0.5, 0.6) is 0 Å². The van der Waals surface area contributed by atoms with Crippen LogP contribution in [0.2, 0.25) is 0 Å². The molecule has 17 heavy (non-hydrogen) atoms. The maximum absolute atomic E-state index is 5.70. The minimum absolute atomic E-state index is 0.00103.